The van der Waals surface area contributed by atoms with Crippen LogP contribution < -0.4 is 9.47 Å². The maximum absolute atomic E-state index is 12.7. The first-order chi connectivity index (χ1) is 14.3. The molecule has 1 atom stereocenters. The molecule has 0 amide bonds. The SMILES string of the molecule is COc1cccc(C(O)C2CCN(CCc3ccc(C(F)(F)F)cc3)CC2)c1OC. The zero-order chi connectivity index (χ0) is 21.7. The van der Waals surface area contributed by atoms with E-state index in [0.717, 1.165) is 55.7 Å². The van der Waals surface area contributed by atoms with Gasteiger partial charge in [-0.15, -0.1) is 0 Å². The van der Waals surface area contributed by atoms with E-state index in [1.54, 1.807) is 32.4 Å². The topological polar surface area (TPSA) is 41.9 Å². The van der Waals surface area contributed by atoms with Crippen LogP contribution in [0.5, 0.6) is 11.5 Å². The number of likely N-dealkylation sites (tertiary alicyclic amines) is 1. The van der Waals surface area contributed by atoms with E-state index in [2.05, 4.69) is 4.90 Å². The van der Waals surface area contributed by atoms with Gasteiger partial charge in [-0.3, -0.25) is 0 Å². The number of para-hydroxylation sites is 1. The van der Waals surface area contributed by atoms with E-state index < -0.39 is 17.8 Å². The molecule has 1 aliphatic heterocycles. The molecule has 2 aromatic carbocycles. The van der Waals surface area contributed by atoms with Crippen LogP contribution in [0, 0.1) is 5.92 Å². The number of nitrogens with zero attached hydrogens (tertiary/aromatic N) is 1. The minimum atomic E-state index is -4.30. The molecule has 1 aliphatic rings. The van der Waals surface area contributed by atoms with Crippen molar-refractivity contribution in [2.75, 3.05) is 33.9 Å². The monoisotopic (exact) mass is 423 g/mol. The van der Waals surface area contributed by atoms with Crippen molar-refractivity contribution in [2.45, 2.75) is 31.5 Å². The predicted octanol–water partition coefficient (Wildman–Crippen LogP) is 4.71. The van der Waals surface area contributed by atoms with Crippen LogP contribution in [0.3, 0.4) is 0 Å². The number of aliphatic hydroxyl groups excluding tert-OH is 1. The average Bonchev–Trinajstić information content (AvgIpc) is 2.76. The highest BCUT2D eigenvalue weighted by molar-refractivity contribution is 5.47. The Labute approximate surface area is 175 Å². The minimum absolute atomic E-state index is 0.119. The van der Waals surface area contributed by atoms with Crippen LogP contribution in [-0.2, 0) is 12.6 Å². The summed E-state index contributed by atoms with van der Waals surface area (Å²) in [4.78, 5) is 2.30. The fourth-order valence-corrected chi connectivity index (χ4v) is 4.04. The maximum Gasteiger partial charge on any atom is 0.416 e. The van der Waals surface area contributed by atoms with Gasteiger partial charge in [-0.25, -0.2) is 0 Å². The Morgan fingerprint density at radius 2 is 1.70 bits per heavy atom. The van der Waals surface area contributed by atoms with Gasteiger partial charge in [0, 0.05) is 12.1 Å². The Balaban J connectivity index is 1.53. The van der Waals surface area contributed by atoms with Gasteiger partial charge in [-0.2, -0.15) is 13.2 Å². The predicted molar refractivity (Wildman–Crippen MR) is 109 cm³/mol. The van der Waals surface area contributed by atoms with Gasteiger partial charge < -0.3 is 19.5 Å². The maximum atomic E-state index is 12.7. The van der Waals surface area contributed by atoms with Crippen molar-refractivity contribution in [1.82, 2.24) is 4.90 Å². The molecular weight excluding hydrogens is 395 g/mol. The van der Waals surface area contributed by atoms with Crippen molar-refractivity contribution >= 4 is 0 Å². The molecule has 1 saturated heterocycles. The van der Waals surface area contributed by atoms with Crippen LogP contribution in [0.25, 0.3) is 0 Å². The summed E-state index contributed by atoms with van der Waals surface area (Å²) < 4.78 is 48.8. The van der Waals surface area contributed by atoms with Gasteiger partial charge in [0.05, 0.1) is 25.9 Å². The molecule has 0 spiro atoms. The molecule has 0 radical (unpaired) electrons. The van der Waals surface area contributed by atoms with Crippen LogP contribution in [0.4, 0.5) is 13.2 Å². The standard InChI is InChI=1S/C23H28F3NO3/c1-29-20-5-3-4-19(22(20)30-2)21(28)17-11-14-27(15-12-17)13-10-16-6-8-18(9-7-16)23(24,25)26/h3-9,17,21,28H,10-15H2,1-2H3. The molecule has 0 saturated carbocycles. The second-order valence-corrected chi connectivity index (χ2v) is 7.65. The number of benzene rings is 2. The number of methoxy groups -OCH3 is 2. The van der Waals surface area contributed by atoms with E-state index in [1.807, 2.05) is 12.1 Å². The highest BCUT2D eigenvalue weighted by Gasteiger charge is 2.30. The Morgan fingerprint density at radius 3 is 2.27 bits per heavy atom. The molecule has 164 valence electrons. The Hall–Kier alpha value is -2.25. The van der Waals surface area contributed by atoms with Gasteiger partial charge in [0.2, 0.25) is 0 Å². The van der Waals surface area contributed by atoms with Crippen molar-refractivity contribution in [3.05, 3.63) is 59.2 Å². The average molecular weight is 423 g/mol. The molecule has 1 unspecified atom stereocenters. The van der Waals surface area contributed by atoms with Gasteiger partial charge in [0.25, 0.3) is 0 Å². The summed E-state index contributed by atoms with van der Waals surface area (Å²) in [5.41, 5.74) is 1.01. The number of alkyl halides is 3. The second kappa shape index (κ2) is 9.71. The van der Waals surface area contributed by atoms with Gasteiger partial charge in [-0.1, -0.05) is 24.3 Å². The van der Waals surface area contributed by atoms with Crippen molar-refractivity contribution in [3.8, 4) is 11.5 Å². The molecule has 1 N–H and O–H groups in total. The number of hydrogen-bond acceptors (Lipinski definition) is 4. The van der Waals surface area contributed by atoms with Gasteiger partial charge in [-0.05, 0) is 62.0 Å². The van der Waals surface area contributed by atoms with E-state index in [-0.39, 0.29) is 5.92 Å². The Bertz CT molecular complexity index is 815. The molecule has 1 heterocycles. The number of ether oxygens (including phenoxy) is 2. The summed E-state index contributed by atoms with van der Waals surface area (Å²) >= 11 is 0. The number of hydrogen-bond donors (Lipinski definition) is 1. The number of piperidine rings is 1. The molecule has 4 nitrogen and oxygen atoms in total. The third kappa shape index (κ3) is 5.26. The first-order valence-electron chi connectivity index (χ1n) is 10.1. The lowest BCUT2D eigenvalue weighted by atomic mass is 9.87. The molecule has 1 fully saturated rings. The molecule has 0 aliphatic carbocycles. The normalized spacial score (nSPS) is 17.0. The van der Waals surface area contributed by atoms with Crippen molar-refractivity contribution in [1.29, 1.82) is 0 Å². The number of aliphatic hydroxyl groups is 1. The summed E-state index contributed by atoms with van der Waals surface area (Å²) in [7, 11) is 3.14. The molecule has 0 bridgehead atoms. The Kier molecular flexibility index (Phi) is 7.26. The lowest BCUT2D eigenvalue weighted by Crippen LogP contribution is -2.36. The molecule has 3 rings (SSSR count). The van der Waals surface area contributed by atoms with Crippen LogP contribution in [0.15, 0.2) is 42.5 Å². The lowest BCUT2D eigenvalue weighted by molar-refractivity contribution is -0.137. The van der Waals surface area contributed by atoms with Crippen LogP contribution in [-0.4, -0.2) is 43.9 Å². The molecule has 7 heteroatoms. The number of rotatable bonds is 7. The van der Waals surface area contributed by atoms with E-state index in [4.69, 9.17) is 9.47 Å². The first-order valence-corrected chi connectivity index (χ1v) is 10.1. The van der Waals surface area contributed by atoms with Crippen LogP contribution in [0.1, 0.15) is 35.6 Å². The van der Waals surface area contributed by atoms with E-state index in [1.165, 1.54) is 0 Å². The third-order valence-corrected chi connectivity index (χ3v) is 5.83. The molecule has 2 aromatic rings. The fraction of sp³-hybridized carbons (Fsp3) is 0.478. The highest BCUT2D eigenvalue weighted by atomic mass is 19.4. The van der Waals surface area contributed by atoms with Gasteiger partial charge in [0.1, 0.15) is 0 Å². The highest BCUT2D eigenvalue weighted by Crippen LogP contribution is 2.40. The third-order valence-electron chi connectivity index (χ3n) is 5.83. The zero-order valence-corrected chi connectivity index (χ0v) is 17.3. The van der Waals surface area contributed by atoms with Crippen molar-refractivity contribution in [3.63, 3.8) is 0 Å². The quantitative estimate of drug-likeness (QED) is 0.700. The van der Waals surface area contributed by atoms with E-state index >= 15 is 0 Å². The summed E-state index contributed by atoms with van der Waals surface area (Å²) in [6.45, 7) is 2.47. The second-order valence-electron chi connectivity index (χ2n) is 7.65. The van der Waals surface area contributed by atoms with Crippen LogP contribution in [0.2, 0.25) is 0 Å². The molecule has 0 aromatic heterocycles. The largest absolute Gasteiger partial charge is 0.493 e. The van der Waals surface area contributed by atoms with E-state index in [0.29, 0.717) is 17.9 Å². The first kappa shape index (κ1) is 22.4. The summed E-state index contributed by atoms with van der Waals surface area (Å²) in [5.74, 6) is 1.29. The smallest absolute Gasteiger partial charge is 0.416 e. The summed E-state index contributed by atoms with van der Waals surface area (Å²) in [5, 5.41) is 10.9. The van der Waals surface area contributed by atoms with Crippen molar-refractivity contribution in [2.24, 2.45) is 5.92 Å². The van der Waals surface area contributed by atoms with Gasteiger partial charge >= 0.3 is 6.18 Å². The molecule has 30 heavy (non-hydrogen) atoms. The molecular formula is C23H28F3NO3. The van der Waals surface area contributed by atoms with Gasteiger partial charge in [0.15, 0.2) is 11.5 Å². The lowest BCUT2D eigenvalue weighted by Gasteiger charge is -2.34. The van der Waals surface area contributed by atoms with Crippen molar-refractivity contribution < 1.29 is 27.8 Å². The Morgan fingerprint density at radius 1 is 1.03 bits per heavy atom. The summed E-state index contributed by atoms with van der Waals surface area (Å²) in [6.07, 6.45) is -2.54. The number of halogens is 3. The zero-order valence-electron chi connectivity index (χ0n) is 17.3. The van der Waals surface area contributed by atoms with Crippen LogP contribution >= 0.6 is 0 Å². The fourth-order valence-electron chi connectivity index (χ4n) is 4.04. The van der Waals surface area contributed by atoms with E-state index in [9.17, 15) is 18.3 Å². The minimum Gasteiger partial charge on any atom is -0.493 e. The summed E-state index contributed by atoms with van der Waals surface area (Å²) in [6, 6.07) is 10.9.